The maximum Gasteiger partial charge on any atom is 0.269 e. The number of nitro benzene ring substituents is 1. The number of rotatable bonds is 4. The van der Waals surface area contributed by atoms with Crippen LogP contribution in [-0.2, 0) is 0 Å². The molecule has 1 fully saturated rings. The van der Waals surface area contributed by atoms with E-state index in [4.69, 9.17) is 0 Å². The highest BCUT2D eigenvalue weighted by atomic mass is 16.6. The molecule has 2 aromatic heterocycles. The largest absolute Gasteiger partial charge is 0.368 e. The number of imidazole rings is 1. The van der Waals surface area contributed by atoms with Gasteiger partial charge in [-0.3, -0.25) is 14.7 Å². The number of nitro groups is 1. The zero-order valence-electron chi connectivity index (χ0n) is 17.0. The van der Waals surface area contributed by atoms with Crippen LogP contribution in [0.1, 0.15) is 5.56 Å². The van der Waals surface area contributed by atoms with Crippen LogP contribution in [-0.4, -0.2) is 50.6 Å². The summed E-state index contributed by atoms with van der Waals surface area (Å²) in [5, 5.41) is 10.9. The molecule has 5 rings (SSSR count). The standard InChI is InChI=1S/C22H21N7O2/c1-16-3-2-4-19(13-16)28-15-25-20-21(23-14-24-22(20)28)27-11-9-26(10-12-27)17-5-7-18(8-6-17)29(30)31/h2-8,13-15H,9-12H2,1H3. The first-order valence-corrected chi connectivity index (χ1v) is 10.1. The smallest absolute Gasteiger partial charge is 0.269 e. The van der Waals surface area contributed by atoms with Crippen LogP contribution in [0.3, 0.4) is 0 Å². The van der Waals surface area contributed by atoms with Crippen molar-refractivity contribution in [3.63, 3.8) is 0 Å². The number of hydrogen-bond acceptors (Lipinski definition) is 7. The number of hydrogen-bond donors (Lipinski definition) is 0. The lowest BCUT2D eigenvalue weighted by Crippen LogP contribution is -2.47. The lowest BCUT2D eigenvalue weighted by atomic mass is 10.2. The molecule has 9 heteroatoms. The van der Waals surface area contributed by atoms with Crippen molar-refractivity contribution in [3.05, 3.63) is 76.9 Å². The Kier molecular flexibility index (Phi) is 4.70. The molecule has 0 saturated carbocycles. The highest BCUT2D eigenvalue weighted by Crippen LogP contribution is 2.26. The lowest BCUT2D eigenvalue weighted by Gasteiger charge is -2.36. The number of anilines is 2. The molecule has 0 aliphatic carbocycles. The summed E-state index contributed by atoms with van der Waals surface area (Å²) >= 11 is 0. The van der Waals surface area contributed by atoms with Crippen molar-refractivity contribution in [2.24, 2.45) is 0 Å². The van der Waals surface area contributed by atoms with E-state index in [0.29, 0.717) is 0 Å². The highest BCUT2D eigenvalue weighted by molar-refractivity contribution is 5.84. The van der Waals surface area contributed by atoms with E-state index < -0.39 is 0 Å². The maximum absolute atomic E-state index is 10.9. The highest BCUT2D eigenvalue weighted by Gasteiger charge is 2.22. The summed E-state index contributed by atoms with van der Waals surface area (Å²) in [7, 11) is 0. The van der Waals surface area contributed by atoms with Gasteiger partial charge in [0.1, 0.15) is 12.7 Å². The van der Waals surface area contributed by atoms with Gasteiger partial charge in [0.15, 0.2) is 17.0 Å². The fraction of sp³-hybridized carbons (Fsp3) is 0.227. The van der Waals surface area contributed by atoms with Crippen molar-refractivity contribution in [3.8, 4) is 5.69 Å². The Morgan fingerprint density at radius 1 is 0.903 bits per heavy atom. The number of benzene rings is 2. The summed E-state index contributed by atoms with van der Waals surface area (Å²) in [6.07, 6.45) is 3.39. The molecule has 1 saturated heterocycles. The first-order valence-electron chi connectivity index (χ1n) is 10.1. The molecular formula is C22H21N7O2. The van der Waals surface area contributed by atoms with E-state index in [1.54, 1.807) is 36.9 Å². The minimum atomic E-state index is -0.377. The molecule has 4 aromatic rings. The Balaban J connectivity index is 1.37. The van der Waals surface area contributed by atoms with Gasteiger partial charge in [-0.1, -0.05) is 12.1 Å². The van der Waals surface area contributed by atoms with Crippen molar-refractivity contribution in [1.82, 2.24) is 19.5 Å². The van der Waals surface area contributed by atoms with E-state index in [1.807, 2.05) is 16.7 Å². The predicted octanol–water partition coefficient (Wildman–Crippen LogP) is 3.36. The van der Waals surface area contributed by atoms with Crippen LogP contribution >= 0.6 is 0 Å². The molecule has 156 valence electrons. The van der Waals surface area contributed by atoms with Crippen LogP contribution in [0, 0.1) is 17.0 Å². The zero-order chi connectivity index (χ0) is 21.4. The van der Waals surface area contributed by atoms with E-state index in [9.17, 15) is 10.1 Å². The summed E-state index contributed by atoms with van der Waals surface area (Å²) < 4.78 is 1.99. The molecule has 0 amide bonds. The third-order valence-electron chi connectivity index (χ3n) is 5.60. The van der Waals surface area contributed by atoms with Crippen molar-refractivity contribution in [2.45, 2.75) is 6.92 Å². The average Bonchev–Trinajstić information content (AvgIpc) is 3.24. The molecule has 1 aliphatic heterocycles. The molecule has 2 aromatic carbocycles. The molecule has 0 N–H and O–H groups in total. The Morgan fingerprint density at radius 3 is 2.35 bits per heavy atom. The number of nitrogens with zero attached hydrogens (tertiary/aromatic N) is 7. The van der Waals surface area contributed by atoms with Gasteiger partial charge in [-0.2, -0.15) is 0 Å². The second-order valence-corrected chi connectivity index (χ2v) is 7.57. The summed E-state index contributed by atoms with van der Waals surface area (Å²) in [6.45, 7) is 5.21. The van der Waals surface area contributed by atoms with Gasteiger partial charge in [0.2, 0.25) is 0 Å². The van der Waals surface area contributed by atoms with Gasteiger partial charge in [0, 0.05) is 49.7 Å². The van der Waals surface area contributed by atoms with Gasteiger partial charge in [-0.25, -0.2) is 15.0 Å². The third-order valence-corrected chi connectivity index (χ3v) is 5.60. The first-order chi connectivity index (χ1) is 15.1. The summed E-state index contributed by atoms with van der Waals surface area (Å²) in [5.41, 5.74) is 4.86. The molecule has 0 bridgehead atoms. The van der Waals surface area contributed by atoms with Gasteiger partial charge >= 0.3 is 0 Å². The van der Waals surface area contributed by atoms with Crippen molar-refractivity contribution in [1.29, 1.82) is 0 Å². The lowest BCUT2D eigenvalue weighted by molar-refractivity contribution is -0.384. The Bertz CT molecular complexity index is 1240. The normalized spacial score (nSPS) is 14.2. The van der Waals surface area contributed by atoms with E-state index >= 15 is 0 Å². The predicted molar refractivity (Wildman–Crippen MR) is 119 cm³/mol. The molecule has 9 nitrogen and oxygen atoms in total. The van der Waals surface area contributed by atoms with Gasteiger partial charge in [0.05, 0.1) is 4.92 Å². The quantitative estimate of drug-likeness (QED) is 0.373. The van der Waals surface area contributed by atoms with Crippen LogP contribution < -0.4 is 9.80 Å². The van der Waals surface area contributed by atoms with Crippen LogP contribution in [0.4, 0.5) is 17.2 Å². The fourth-order valence-electron chi connectivity index (χ4n) is 3.98. The first kappa shape index (κ1) is 19.0. The second-order valence-electron chi connectivity index (χ2n) is 7.57. The SMILES string of the molecule is Cc1cccc(-n2cnc3c(N4CCN(c5ccc([N+](=O)[O-])cc5)CC4)ncnc32)c1. The van der Waals surface area contributed by atoms with E-state index in [-0.39, 0.29) is 10.6 Å². The molecule has 0 unspecified atom stereocenters. The number of aromatic nitrogens is 4. The zero-order valence-corrected chi connectivity index (χ0v) is 17.0. The number of non-ortho nitro benzene ring substituents is 1. The molecule has 31 heavy (non-hydrogen) atoms. The summed E-state index contributed by atoms with van der Waals surface area (Å²) in [5.74, 6) is 0.833. The van der Waals surface area contributed by atoms with E-state index in [0.717, 1.165) is 54.5 Å². The van der Waals surface area contributed by atoms with Crippen LogP contribution in [0.15, 0.2) is 61.2 Å². The van der Waals surface area contributed by atoms with Crippen molar-refractivity contribution in [2.75, 3.05) is 36.0 Å². The Morgan fingerprint density at radius 2 is 1.65 bits per heavy atom. The molecule has 3 heterocycles. The molecule has 0 radical (unpaired) electrons. The number of fused-ring (bicyclic) bond motifs is 1. The molecule has 0 atom stereocenters. The van der Waals surface area contributed by atoms with Crippen molar-refractivity contribution >= 4 is 28.4 Å². The summed E-state index contributed by atoms with van der Waals surface area (Å²) in [6, 6.07) is 14.9. The topological polar surface area (TPSA) is 93.2 Å². The summed E-state index contributed by atoms with van der Waals surface area (Å²) in [4.78, 5) is 28.6. The van der Waals surface area contributed by atoms with Gasteiger partial charge in [-0.15, -0.1) is 0 Å². The fourth-order valence-corrected chi connectivity index (χ4v) is 3.98. The van der Waals surface area contributed by atoms with E-state index in [2.05, 4.69) is 43.8 Å². The molecule has 0 spiro atoms. The van der Waals surface area contributed by atoms with Gasteiger partial charge in [-0.05, 0) is 36.8 Å². The third kappa shape index (κ3) is 3.54. The Hall–Kier alpha value is -4.01. The second kappa shape index (κ2) is 7.67. The maximum atomic E-state index is 10.9. The molecular weight excluding hydrogens is 394 g/mol. The average molecular weight is 415 g/mol. The molecule has 1 aliphatic rings. The number of piperazine rings is 1. The van der Waals surface area contributed by atoms with Crippen molar-refractivity contribution < 1.29 is 4.92 Å². The van der Waals surface area contributed by atoms with Gasteiger partial charge in [0.25, 0.3) is 5.69 Å². The van der Waals surface area contributed by atoms with Crippen LogP contribution in [0.2, 0.25) is 0 Å². The number of aryl methyl sites for hydroxylation is 1. The Labute approximate surface area is 178 Å². The minimum Gasteiger partial charge on any atom is -0.368 e. The van der Waals surface area contributed by atoms with Gasteiger partial charge < -0.3 is 9.80 Å². The minimum absolute atomic E-state index is 0.106. The van der Waals surface area contributed by atoms with E-state index in [1.165, 1.54) is 5.56 Å². The van der Waals surface area contributed by atoms with Crippen LogP contribution in [0.5, 0.6) is 0 Å². The monoisotopic (exact) mass is 415 g/mol. The van der Waals surface area contributed by atoms with Crippen LogP contribution in [0.25, 0.3) is 16.9 Å².